The third kappa shape index (κ3) is 4.52. The van der Waals surface area contributed by atoms with Gasteiger partial charge in [0.2, 0.25) is 5.91 Å². The number of benzene rings is 2. The monoisotopic (exact) mass is 410 g/mol. The molecule has 4 rings (SSSR count). The van der Waals surface area contributed by atoms with Crippen molar-refractivity contribution in [2.24, 2.45) is 5.73 Å². The van der Waals surface area contributed by atoms with Gasteiger partial charge in [0.25, 0.3) is 0 Å². The number of nitrogens with one attached hydrogen (secondary N) is 1. The highest BCUT2D eigenvalue weighted by atomic mass is 35.5. The second kappa shape index (κ2) is 9.25. The maximum Gasteiger partial charge on any atom is 0.227 e. The molecule has 3 aromatic rings. The number of anilines is 1. The van der Waals surface area contributed by atoms with E-state index in [1.165, 1.54) is 11.1 Å². The summed E-state index contributed by atoms with van der Waals surface area (Å²) >= 11 is 0. The van der Waals surface area contributed by atoms with Crippen molar-refractivity contribution in [1.82, 2.24) is 9.78 Å². The van der Waals surface area contributed by atoms with Crippen LogP contribution in [0.3, 0.4) is 0 Å². The molecule has 0 saturated carbocycles. The Labute approximate surface area is 177 Å². The van der Waals surface area contributed by atoms with Gasteiger partial charge >= 0.3 is 0 Å². The molecule has 3 N–H and O–H groups in total. The van der Waals surface area contributed by atoms with Crippen LogP contribution < -0.4 is 11.1 Å². The van der Waals surface area contributed by atoms with Gasteiger partial charge in [-0.25, -0.2) is 4.68 Å². The normalized spacial score (nSPS) is 16.4. The lowest BCUT2D eigenvalue weighted by atomic mass is 9.88. The maximum atomic E-state index is 12.7. The first-order chi connectivity index (χ1) is 13.6. The Morgan fingerprint density at radius 3 is 2.72 bits per heavy atom. The summed E-state index contributed by atoms with van der Waals surface area (Å²) in [5.41, 5.74) is 10.8. The fourth-order valence-corrected chi connectivity index (χ4v) is 4.02. The zero-order valence-corrected chi connectivity index (χ0v) is 17.4. The van der Waals surface area contributed by atoms with Gasteiger partial charge in [-0.1, -0.05) is 54.6 Å². The number of nitrogens with two attached hydrogens (primary N) is 1. The summed E-state index contributed by atoms with van der Waals surface area (Å²) < 4.78 is 1.97. The predicted molar refractivity (Wildman–Crippen MR) is 118 cm³/mol. The van der Waals surface area contributed by atoms with Crippen LogP contribution in [-0.2, 0) is 11.2 Å². The highest BCUT2D eigenvalue weighted by Gasteiger charge is 2.25. The van der Waals surface area contributed by atoms with Crippen molar-refractivity contribution < 1.29 is 4.79 Å². The molecule has 1 aliphatic carbocycles. The summed E-state index contributed by atoms with van der Waals surface area (Å²) in [5.74, 6) is 0.678. The van der Waals surface area contributed by atoms with Crippen LogP contribution in [0, 0.1) is 6.92 Å². The van der Waals surface area contributed by atoms with Crippen LogP contribution in [0.15, 0.2) is 60.8 Å². The van der Waals surface area contributed by atoms with E-state index < -0.39 is 0 Å². The molecule has 1 aromatic heterocycles. The number of carbonyl (C=O) groups is 1. The van der Waals surface area contributed by atoms with Gasteiger partial charge in [0, 0.05) is 18.0 Å². The summed E-state index contributed by atoms with van der Waals surface area (Å²) in [7, 11) is 0. The molecule has 0 spiro atoms. The van der Waals surface area contributed by atoms with Crippen LogP contribution in [0.5, 0.6) is 0 Å². The minimum atomic E-state index is -0.326. The topological polar surface area (TPSA) is 72.9 Å². The van der Waals surface area contributed by atoms with Crippen molar-refractivity contribution in [3.63, 3.8) is 0 Å². The van der Waals surface area contributed by atoms with Gasteiger partial charge in [0.05, 0.1) is 12.2 Å². The van der Waals surface area contributed by atoms with E-state index in [2.05, 4.69) is 34.7 Å². The molecule has 5 nitrogen and oxygen atoms in total. The molecular formula is C23H27ClN4O. The summed E-state index contributed by atoms with van der Waals surface area (Å²) in [5, 5.41) is 7.67. The number of hydrogen-bond acceptors (Lipinski definition) is 3. The molecule has 0 saturated heterocycles. The van der Waals surface area contributed by atoms with E-state index in [9.17, 15) is 4.79 Å². The SMILES string of the molecule is Cc1cnn(C2CCCc3ccccc32)c1NC(=O)CC(N)c1ccccc1.Cl. The number of halogens is 1. The molecule has 0 bridgehead atoms. The molecule has 6 heteroatoms. The quantitative estimate of drug-likeness (QED) is 0.647. The molecule has 152 valence electrons. The van der Waals surface area contributed by atoms with Crippen LogP contribution in [-0.4, -0.2) is 15.7 Å². The number of fused-ring (bicyclic) bond motifs is 1. The lowest BCUT2D eigenvalue weighted by Crippen LogP contribution is -2.25. The number of hydrogen-bond donors (Lipinski definition) is 2. The van der Waals surface area contributed by atoms with Gasteiger partial charge in [-0.2, -0.15) is 5.10 Å². The molecule has 2 aromatic carbocycles. The van der Waals surface area contributed by atoms with E-state index in [4.69, 9.17) is 5.73 Å². The van der Waals surface area contributed by atoms with Gasteiger partial charge in [-0.3, -0.25) is 4.79 Å². The lowest BCUT2D eigenvalue weighted by molar-refractivity contribution is -0.116. The van der Waals surface area contributed by atoms with Crippen LogP contribution in [0.4, 0.5) is 5.82 Å². The van der Waals surface area contributed by atoms with Crippen molar-refractivity contribution in [3.05, 3.63) is 83.0 Å². The second-order valence-electron chi connectivity index (χ2n) is 7.50. The Morgan fingerprint density at radius 2 is 1.93 bits per heavy atom. The van der Waals surface area contributed by atoms with Crippen molar-refractivity contribution in [3.8, 4) is 0 Å². The summed E-state index contributed by atoms with van der Waals surface area (Å²) in [4.78, 5) is 12.7. The summed E-state index contributed by atoms with van der Waals surface area (Å²) in [6.07, 6.45) is 5.29. The third-order valence-electron chi connectivity index (χ3n) is 5.50. The number of nitrogens with zero attached hydrogens (tertiary/aromatic N) is 2. The standard InChI is InChI=1S/C23H26N4O.ClH/c1-16-15-25-27(21-13-7-11-17-8-5-6-12-19(17)21)23(16)26-22(28)14-20(24)18-9-3-2-4-10-18;/h2-6,8-10,12,15,20-21H,7,11,13-14,24H2,1H3,(H,26,28);1H. The third-order valence-corrected chi connectivity index (χ3v) is 5.50. The Hall–Kier alpha value is -2.63. The zero-order chi connectivity index (χ0) is 19.5. The molecule has 0 radical (unpaired) electrons. The van der Waals surface area contributed by atoms with E-state index >= 15 is 0 Å². The maximum absolute atomic E-state index is 12.7. The number of rotatable bonds is 5. The summed E-state index contributed by atoms with van der Waals surface area (Å²) in [6.45, 7) is 1.98. The number of aromatic nitrogens is 2. The largest absolute Gasteiger partial charge is 0.324 e. The van der Waals surface area contributed by atoms with Gasteiger partial charge in [-0.05, 0) is 42.9 Å². The first-order valence-electron chi connectivity index (χ1n) is 9.86. The Kier molecular flexibility index (Phi) is 6.72. The van der Waals surface area contributed by atoms with Gasteiger partial charge < -0.3 is 11.1 Å². The fourth-order valence-electron chi connectivity index (χ4n) is 4.02. The smallest absolute Gasteiger partial charge is 0.227 e. The molecule has 0 aliphatic heterocycles. The molecule has 1 heterocycles. The molecule has 2 unspecified atom stereocenters. The van der Waals surface area contributed by atoms with Crippen molar-refractivity contribution >= 4 is 24.1 Å². The van der Waals surface area contributed by atoms with Gasteiger partial charge in [-0.15, -0.1) is 12.4 Å². The van der Waals surface area contributed by atoms with Crippen molar-refractivity contribution in [1.29, 1.82) is 0 Å². The second-order valence-corrected chi connectivity index (χ2v) is 7.50. The molecule has 29 heavy (non-hydrogen) atoms. The molecule has 1 amide bonds. The lowest BCUT2D eigenvalue weighted by Gasteiger charge is -2.27. The minimum absolute atomic E-state index is 0. The highest BCUT2D eigenvalue weighted by Crippen LogP contribution is 2.35. The average molecular weight is 411 g/mol. The van der Waals surface area contributed by atoms with Gasteiger partial charge in [0.1, 0.15) is 5.82 Å². The highest BCUT2D eigenvalue weighted by molar-refractivity contribution is 5.91. The van der Waals surface area contributed by atoms with Crippen LogP contribution in [0.2, 0.25) is 0 Å². The van der Waals surface area contributed by atoms with E-state index in [0.717, 1.165) is 36.2 Å². The van der Waals surface area contributed by atoms with E-state index in [1.54, 1.807) is 0 Å². The molecular weight excluding hydrogens is 384 g/mol. The number of aryl methyl sites for hydroxylation is 2. The number of amides is 1. The minimum Gasteiger partial charge on any atom is -0.324 e. The van der Waals surface area contributed by atoms with Crippen LogP contribution in [0.25, 0.3) is 0 Å². The Balaban J connectivity index is 0.00000240. The van der Waals surface area contributed by atoms with E-state index in [0.29, 0.717) is 0 Å². The predicted octanol–water partition coefficient (Wildman–Crippen LogP) is 4.57. The first-order valence-corrected chi connectivity index (χ1v) is 9.86. The van der Waals surface area contributed by atoms with Crippen molar-refractivity contribution in [2.45, 2.75) is 44.7 Å². The Bertz CT molecular complexity index is 970. The van der Waals surface area contributed by atoms with E-state index in [-0.39, 0.29) is 36.8 Å². The van der Waals surface area contributed by atoms with Gasteiger partial charge in [0.15, 0.2) is 0 Å². The molecule has 0 fully saturated rings. The summed E-state index contributed by atoms with van der Waals surface area (Å²) in [6, 6.07) is 18.1. The number of carbonyl (C=O) groups excluding carboxylic acids is 1. The van der Waals surface area contributed by atoms with Crippen molar-refractivity contribution in [2.75, 3.05) is 5.32 Å². The van der Waals surface area contributed by atoms with E-state index in [1.807, 2.05) is 48.1 Å². The first kappa shape index (κ1) is 21.1. The molecule has 1 aliphatic rings. The Morgan fingerprint density at radius 1 is 1.21 bits per heavy atom. The zero-order valence-electron chi connectivity index (χ0n) is 16.5. The average Bonchev–Trinajstić information content (AvgIpc) is 3.08. The van der Waals surface area contributed by atoms with Crippen LogP contribution >= 0.6 is 12.4 Å². The van der Waals surface area contributed by atoms with Crippen LogP contribution in [0.1, 0.15) is 53.6 Å². The fraction of sp³-hybridized carbons (Fsp3) is 0.304. The molecule has 2 atom stereocenters.